The van der Waals surface area contributed by atoms with E-state index in [1.54, 1.807) is 6.92 Å². The number of nitrogens with zero attached hydrogens (tertiary/aromatic N) is 1. The topological polar surface area (TPSA) is 20.3 Å². The van der Waals surface area contributed by atoms with Crippen molar-refractivity contribution in [3.8, 4) is 0 Å². The first kappa shape index (κ1) is 10.7. The molecule has 2 heteroatoms. The highest BCUT2D eigenvalue weighted by molar-refractivity contribution is 5.75. The lowest BCUT2D eigenvalue weighted by molar-refractivity contribution is -0.117. The molecule has 0 aromatic rings. The summed E-state index contributed by atoms with van der Waals surface area (Å²) in [5, 5.41) is 0. The van der Waals surface area contributed by atoms with Crippen LogP contribution in [0.2, 0.25) is 0 Å². The molecule has 2 nitrogen and oxygen atoms in total. The first-order chi connectivity index (χ1) is 6.11. The lowest BCUT2D eigenvalue weighted by Gasteiger charge is -2.24. The molecule has 0 aliphatic heterocycles. The number of carbonyl (C=O) groups is 1. The van der Waals surface area contributed by atoms with Gasteiger partial charge in [-0.3, -0.25) is 0 Å². The second-order valence-electron chi connectivity index (χ2n) is 4.36. The Balaban J connectivity index is 2.09. The Kier molecular flexibility index (Phi) is 3.91. The van der Waals surface area contributed by atoms with E-state index in [9.17, 15) is 4.79 Å². The summed E-state index contributed by atoms with van der Waals surface area (Å²) in [5.41, 5.74) is 0. The minimum atomic E-state index is 0.312. The summed E-state index contributed by atoms with van der Waals surface area (Å²) in [6.07, 6.45) is 4.56. The van der Waals surface area contributed by atoms with Crippen LogP contribution in [0.1, 0.15) is 39.5 Å². The van der Waals surface area contributed by atoms with Crippen LogP contribution in [-0.2, 0) is 4.79 Å². The van der Waals surface area contributed by atoms with E-state index in [0.717, 1.165) is 25.3 Å². The van der Waals surface area contributed by atoms with Crippen molar-refractivity contribution < 1.29 is 4.79 Å². The summed E-state index contributed by atoms with van der Waals surface area (Å²) in [5.74, 6) is 1.25. The summed E-state index contributed by atoms with van der Waals surface area (Å²) in [6, 6.07) is 0.715. The monoisotopic (exact) mass is 183 g/mol. The molecule has 0 amide bonds. The van der Waals surface area contributed by atoms with E-state index in [4.69, 9.17) is 0 Å². The third-order valence-electron chi connectivity index (χ3n) is 3.04. The molecule has 0 N–H and O–H groups in total. The van der Waals surface area contributed by atoms with Crippen LogP contribution in [0, 0.1) is 5.92 Å². The van der Waals surface area contributed by atoms with Gasteiger partial charge in [0.2, 0.25) is 0 Å². The Hall–Kier alpha value is -0.370. The standard InChI is InChI=1S/C11H21NO/c1-9(13)5-4-8-12(3)10(2)11-6-7-11/h10-11H,4-8H2,1-3H3. The van der Waals surface area contributed by atoms with Gasteiger partial charge in [0.15, 0.2) is 0 Å². The van der Waals surface area contributed by atoms with E-state index in [0.29, 0.717) is 11.8 Å². The van der Waals surface area contributed by atoms with Gasteiger partial charge >= 0.3 is 0 Å². The summed E-state index contributed by atoms with van der Waals surface area (Å²) in [6.45, 7) is 5.03. The van der Waals surface area contributed by atoms with Crippen molar-refractivity contribution >= 4 is 5.78 Å². The van der Waals surface area contributed by atoms with Crippen molar-refractivity contribution in [2.24, 2.45) is 5.92 Å². The molecule has 0 radical (unpaired) electrons. The molecule has 1 fully saturated rings. The van der Waals surface area contributed by atoms with Crippen LogP contribution in [0.15, 0.2) is 0 Å². The van der Waals surface area contributed by atoms with Gasteiger partial charge in [0.1, 0.15) is 5.78 Å². The zero-order valence-electron chi connectivity index (χ0n) is 9.05. The Morgan fingerprint density at radius 1 is 1.54 bits per heavy atom. The third kappa shape index (κ3) is 3.90. The molecule has 1 rings (SSSR count). The van der Waals surface area contributed by atoms with E-state index in [-0.39, 0.29) is 0 Å². The maximum absolute atomic E-state index is 10.7. The molecule has 0 saturated heterocycles. The number of Topliss-reactive ketones (excluding diaryl/α,β-unsaturated/α-hetero) is 1. The average Bonchev–Trinajstić information content (AvgIpc) is 2.84. The van der Waals surface area contributed by atoms with E-state index < -0.39 is 0 Å². The number of hydrogen-bond donors (Lipinski definition) is 0. The number of hydrogen-bond acceptors (Lipinski definition) is 2. The van der Waals surface area contributed by atoms with Gasteiger partial charge in [-0.05, 0) is 52.6 Å². The van der Waals surface area contributed by atoms with Crippen molar-refractivity contribution in [1.82, 2.24) is 4.90 Å². The summed E-state index contributed by atoms with van der Waals surface area (Å²) < 4.78 is 0. The Labute approximate surface area is 81.3 Å². The molecule has 13 heavy (non-hydrogen) atoms. The fraction of sp³-hybridized carbons (Fsp3) is 0.909. The highest BCUT2D eigenvalue weighted by atomic mass is 16.1. The molecular weight excluding hydrogens is 162 g/mol. The Bertz CT molecular complexity index is 175. The molecule has 0 bridgehead atoms. The van der Waals surface area contributed by atoms with E-state index in [2.05, 4.69) is 18.9 Å². The van der Waals surface area contributed by atoms with Crippen LogP contribution < -0.4 is 0 Å². The molecule has 0 aromatic carbocycles. The quantitative estimate of drug-likeness (QED) is 0.628. The first-order valence-electron chi connectivity index (χ1n) is 5.31. The second kappa shape index (κ2) is 4.75. The molecule has 1 aliphatic rings. The summed E-state index contributed by atoms with van der Waals surface area (Å²) in [4.78, 5) is 13.1. The van der Waals surface area contributed by atoms with Gasteiger partial charge in [-0.25, -0.2) is 0 Å². The third-order valence-corrected chi connectivity index (χ3v) is 3.04. The van der Waals surface area contributed by atoms with Gasteiger partial charge in [-0.2, -0.15) is 0 Å². The van der Waals surface area contributed by atoms with Crippen LogP contribution in [0.4, 0.5) is 0 Å². The molecule has 0 heterocycles. The van der Waals surface area contributed by atoms with Gasteiger partial charge in [0.25, 0.3) is 0 Å². The van der Waals surface area contributed by atoms with Crippen LogP contribution >= 0.6 is 0 Å². The average molecular weight is 183 g/mol. The Morgan fingerprint density at radius 2 is 2.15 bits per heavy atom. The molecular formula is C11H21NO. The Morgan fingerprint density at radius 3 is 2.62 bits per heavy atom. The largest absolute Gasteiger partial charge is 0.303 e. The number of carbonyl (C=O) groups excluding carboxylic acids is 1. The maximum Gasteiger partial charge on any atom is 0.129 e. The van der Waals surface area contributed by atoms with Crippen LogP contribution in [0.5, 0.6) is 0 Å². The van der Waals surface area contributed by atoms with Crippen molar-refractivity contribution in [3.63, 3.8) is 0 Å². The predicted octanol–water partition coefficient (Wildman–Crippen LogP) is 2.09. The zero-order chi connectivity index (χ0) is 9.84. The van der Waals surface area contributed by atoms with Crippen molar-refractivity contribution in [2.75, 3.05) is 13.6 Å². The van der Waals surface area contributed by atoms with Crippen LogP contribution in [0.25, 0.3) is 0 Å². The van der Waals surface area contributed by atoms with E-state index >= 15 is 0 Å². The van der Waals surface area contributed by atoms with E-state index in [1.807, 2.05) is 0 Å². The van der Waals surface area contributed by atoms with Crippen molar-refractivity contribution in [1.29, 1.82) is 0 Å². The molecule has 0 spiro atoms. The minimum absolute atomic E-state index is 0.312. The van der Waals surface area contributed by atoms with Gasteiger partial charge in [-0.15, -0.1) is 0 Å². The predicted molar refractivity (Wildman–Crippen MR) is 54.7 cm³/mol. The van der Waals surface area contributed by atoms with Gasteiger partial charge in [0.05, 0.1) is 0 Å². The zero-order valence-corrected chi connectivity index (χ0v) is 9.05. The first-order valence-corrected chi connectivity index (χ1v) is 5.31. The molecule has 1 atom stereocenters. The maximum atomic E-state index is 10.7. The molecule has 1 aliphatic carbocycles. The van der Waals surface area contributed by atoms with Gasteiger partial charge in [0, 0.05) is 12.5 Å². The molecule has 1 unspecified atom stereocenters. The molecule has 1 saturated carbocycles. The normalized spacial score (nSPS) is 19.1. The second-order valence-corrected chi connectivity index (χ2v) is 4.36. The lowest BCUT2D eigenvalue weighted by atomic mass is 10.1. The minimum Gasteiger partial charge on any atom is -0.303 e. The fourth-order valence-electron chi connectivity index (χ4n) is 1.72. The summed E-state index contributed by atoms with van der Waals surface area (Å²) in [7, 11) is 2.17. The van der Waals surface area contributed by atoms with Gasteiger partial charge < -0.3 is 9.69 Å². The lowest BCUT2D eigenvalue weighted by Crippen LogP contribution is -2.31. The van der Waals surface area contributed by atoms with E-state index in [1.165, 1.54) is 12.8 Å². The molecule has 76 valence electrons. The van der Waals surface area contributed by atoms with Crippen LogP contribution in [0.3, 0.4) is 0 Å². The molecule has 0 aromatic heterocycles. The highest BCUT2D eigenvalue weighted by Crippen LogP contribution is 2.34. The fourth-order valence-corrected chi connectivity index (χ4v) is 1.72. The van der Waals surface area contributed by atoms with Crippen LogP contribution in [-0.4, -0.2) is 30.3 Å². The highest BCUT2D eigenvalue weighted by Gasteiger charge is 2.29. The summed E-state index contributed by atoms with van der Waals surface area (Å²) >= 11 is 0. The SMILES string of the molecule is CC(=O)CCCN(C)C(C)C1CC1. The number of rotatable bonds is 6. The van der Waals surface area contributed by atoms with Gasteiger partial charge in [-0.1, -0.05) is 0 Å². The van der Waals surface area contributed by atoms with Crippen molar-refractivity contribution in [3.05, 3.63) is 0 Å². The van der Waals surface area contributed by atoms with Crippen molar-refractivity contribution in [2.45, 2.75) is 45.6 Å². The number of ketones is 1. The smallest absolute Gasteiger partial charge is 0.129 e.